The van der Waals surface area contributed by atoms with Gasteiger partial charge in [0, 0.05) is 18.8 Å². The number of hydrogen-bond donors (Lipinski definition) is 3. The van der Waals surface area contributed by atoms with Gasteiger partial charge in [-0.1, -0.05) is 12.1 Å². The van der Waals surface area contributed by atoms with Gasteiger partial charge >= 0.3 is 0 Å². The van der Waals surface area contributed by atoms with Crippen molar-refractivity contribution in [3.05, 3.63) is 47.2 Å². The number of nitrogen functional groups attached to an aromatic ring is 1. The highest BCUT2D eigenvalue weighted by Gasteiger charge is 2.40. The number of nitrogens with zero attached hydrogens (tertiary/aromatic N) is 4. The van der Waals surface area contributed by atoms with Crippen molar-refractivity contribution in [1.29, 1.82) is 0 Å². The number of carbonyl (C=O) groups is 2. The molecule has 32 heavy (non-hydrogen) atoms. The molecule has 1 fully saturated rings. The number of benzene rings is 1. The minimum atomic E-state index is -0.498. The first-order chi connectivity index (χ1) is 15.3. The van der Waals surface area contributed by atoms with Gasteiger partial charge in [-0.25, -0.2) is 9.61 Å². The monoisotopic (exact) mass is 437 g/mol. The van der Waals surface area contributed by atoms with Crippen LogP contribution in [0.15, 0.2) is 35.0 Å². The van der Waals surface area contributed by atoms with Gasteiger partial charge in [0.15, 0.2) is 0 Å². The zero-order valence-electron chi connectivity index (χ0n) is 18.1. The van der Waals surface area contributed by atoms with Crippen LogP contribution in [0.1, 0.15) is 30.2 Å². The van der Waals surface area contributed by atoms with E-state index in [1.165, 1.54) is 0 Å². The van der Waals surface area contributed by atoms with Crippen molar-refractivity contribution < 1.29 is 14.2 Å². The number of hydrogen-bond acceptors (Lipinski definition) is 8. The summed E-state index contributed by atoms with van der Waals surface area (Å²) in [6.07, 6.45) is 1.34. The number of amides is 2. The van der Waals surface area contributed by atoms with Crippen LogP contribution in [-0.2, 0) is 22.6 Å². The molecule has 0 radical (unpaired) electrons. The van der Waals surface area contributed by atoms with E-state index in [1.807, 2.05) is 36.1 Å². The number of fused-ring (bicyclic) bond motifs is 1. The molecule has 1 aliphatic heterocycles. The maximum absolute atomic E-state index is 12.9. The molecule has 2 aromatic heterocycles. The van der Waals surface area contributed by atoms with Gasteiger partial charge in [0.2, 0.25) is 11.8 Å². The lowest BCUT2D eigenvalue weighted by Crippen LogP contribution is -2.51. The number of anilines is 1. The highest BCUT2D eigenvalue weighted by Crippen LogP contribution is 2.29. The van der Waals surface area contributed by atoms with Crippen LogP contribution in [0.4, 0.5) is 5.82 Å². The molecule has 0 bridgehead atoms. The molecule has 10 heteroatoms. The Balaban J connectivity index is 1.41. The number of nitrogens with two attached hydrogens (primary N) is 2. The SMILES string of the molecule is Cc1nc(N)ccc1CNC(=O)[C@H](C)N1CC(Cc2ccc3nonc3c2)CC1C(N)=O. The van der Waals surface area contributed by atoms with Gasteiger partial charge in [-0.2, -0.15) is 0 Å². The van der Waals surface area contributed by atoms with Crippen LogP contribution in [0.2, 0.25) is 0 Å². The van der Waals surface area contributed by atoms with Gasteiger partial charge in [0.05, 0.1) is 12.1 Å². The molecule has 1 saturated heterocycles. The van der Waals surface area contributed by atoms with Crippen LogP contribution < -0.4 is 16.8 Å². The lowest BCUT2D eigenvalue weighted by Gasteiger charge is -2.28. The third kappa shape index (κ3) is 4.54. The fourth-order valence-corrected chi connectivity index (χ4v) is 4.37. The molecular weight excluding hydrogens is 410 g/mol. The minimum Gasteiger partial charge on any atom is -0.384 e. The zero-order chi connectivity index (χ0) is 22.8. The fourth-order valence-electron chi connectivity index (χ4n) is 4.37. The Morgan fingerprint density at radius 1 is 1.25 bits per heavy atom. The Bertz CT molecular complexity index is 1150. The van der Waals surface area contributed by atoms with Gasteiger partial charge in [0.25, 0.3) is 0 Å². The second-order valence-corrected chi connectivity index (χ2v) is 8.38. The van der Waals surface area contributed by atoms with E-state index in [-0.39, 0.29) is 11.8 Å². The van der Waals surface area contributed by atoms with Crippen molar-refractivity contribution in [3.8, 4) is 0 Å². The Kier molecular flexibility index (Phi) is 6.04. The molecule has 10 nitrogen and oxygen atoms in total. The molecule has 4 rings (SSSR count). The zero-order valence-corrected chi connectivity index (χ0v) is 18.1. The summed E-state index contributed by atoms with van der Waals surface area (Å²) in [5.41, 5.74) is 15.5. The number of aromatic nitrogens is 3. The molecule has 5 N–H and O–H groups in total. The molecule has 0 aliphatic carbocycles. The van der Waals surface area contributed by atoms with Crippen molar-refractivity contribution in [2.24, 2.45) is 11.7 Å². The Morgan fingerprint density at radius 3 is 2.78 bits per heavy atom. The van der Waals surface area contributed by atoms with Gasteiger partial charge < -0.3 is 16.8 Å². The smallest absolute Gasteiger partial charge is 0.237 e. The number of nitrogens with one attached hydrogen (secondary N) is 1. The van der Waals surface area contributed by atoms with Crippen LogP contribution in [0.3, 0.4) is 0 Å². The molecule has 3 aromatic rings. The molecule has 0 spiro atoms. The summed E-state index contributed by atoms with van der Waals surface area (Å²) in [7, 11) is 0. The van der Waals surface area contributed by atoms with Gasteiger partial charge in [-0.05, 0) is 72.2 Å². The van der Waals surface area contributed by atoms with E-state index < -0.39 is 18.0 Å². The Labute approximate surface area is 185 Å². The van der Waals surface area contributed by atoms with Crippen molar-refractivity contribution >= 4 is 28.7 Å². The lowest BCUT2D eigenvalue weighted by atomic mass is 9.96. The van der Waals surface area contributed by atoms with E-state index >= 15 is 0 Å². The van der Waals surface area contributed by atoms with E-state index in [9.17, 15) is 9.59 Å². The summed E-state index contributed by atoms with van der Waals surface area (Å²) in [6.45, 7) is 4.59. The summed E-state index contributed by atoms with van der Waals surface area (Å²) in [4.78, 5) is 31.1. The molecule has 0 saturated carbocycles. The highest BCUT2D eigenvalue weighted by molar-refractivity contribution is 5.84. The second kappa shape index (κ2) is 8.91. The van der Waals surface area contributed by atoms with Gasteiger partial charge in [-0.3, -0.25) is 14.5 Å². The van der Waals surface area contributed by atoms with Crippen LogP contribution in [0.25, 0.3) is 11.0 Å². The number of rotatable bonds is 7. The average molecular weight is 438 g/mol. The first-order valence-electron chi connectivity index (χ1n) is 10.6. The first-order valence-corrected chi connectivity index (χ1v) is 10.6. The predicted octanol–water partition coefficient (Wildman–Crippen LogP) is 0.932. The molecule has 1 aromatic carbocycles. The Hall–Kier alpha value is -3.53. The van der Waals surface area contributed by atoms with Crippen molar-refractivity contribution in [1.82, 2.24) is 25.5 Å². The van der Waals surface area contributed by atoms with E-state index in [4.69, 9.17) is 16.1 Å². The minimum absolute atomic E-state index is 0.164. The van der Waals surface area contributed by atoms with E-state index in [0.717, 1.165) is 23.2 Å². The summed E-state index contributed by atoms with van der Waals surface area (Å²) in [5, 5.41) is 10.6. The highest BCUT2D eigenvalue weighted by atomic mass is 16.6. The fraction of sp³-hybridized carbons (Fsp3) is 0.409. The van der Waals surface area contributed by atoms with Crippen LogP contribution in [0, 0.1) is 12.8 Å². The van der Waals surface area contributed by atoms with E-state index in [0.29, 0.717) is 36.4 Å². The third-order valence-electron chi connectivity index (χ3n) is 6.14. The maximum atomic E-state index is 12.9. The maximum Gasteiger partial charge on any atom is 0.237 e. The molecule has 2 amide bonds. The largest absolute Gasteiger partial charge is 0.384 e. The normalized spacial score (nSPS) is 19.8. The van der Waals surface area contributed by atoms with Gasteiger partial charge in [0.1, 0.15) is 16.9 Å². The van der Waals surface area contributed by atoms with Crippen molar-refractivity contribution in [2.45, 2.75) is 45.3 Å². The summed E-state index contributed by atoms with van der Waals surface area (Å²) >= 11 is 0. The summed E-state index contributed by atoms with van der Waals surface area (Å²) in [6, 6.07) is 8.35. The molecule has 1 aliphatic rings. The molecule has 3 heterocycles. The second-order valence-electron chi connectivity index (χ2n) is 8.38. The van der Waals surface area contributed by atoms with Crippen molar-refractivity contribution in [3.63, 3.8) is 0 Å². The molecular formula is C22H27N7O3. The number of aryl methyl sites for hydroxylation is 1. The predicted molar refractivity (Wildman–Crippen MR) is 118 cm³/mol. The summed E-state index contributed by atoms with van der Waals surface area (Å²) < 4.78 is 4.76. The van der Waals surface area contributed by atoms with Crippen molar-refractivity contribution in [2.75, 3.05) is 12.3 Å². The topological polar surface area (TPSA) is 153 Å². The quantitative estimate of drug-likeness (QED) is 0.493. The number of primary amides is 1. The lowest BCUT2D eigenvalue weighted by molar-refractivity contribution is -0.129. The van der Waals surface area contributed by atoms with Gasteiger partial charge in [-0.15, -0.1) is 0 Å². The number of likely N-dealkylation sites (tertiary alicyclic amines) is 1. The van der Waals surface area contributed by atoms with E-state index in [2.05, 4.69) is 20.6 Å². The Morgan fingerprint density at radius 2 is 2.03 bits per heavy atom. The third-order valence-corrected chi connectivity index (χ3v) is 6.14. The molecule has 3 atom stereocenters. The number of carbonyl (C=O) groups excluding carboxylic acids is 2. The van der Waals surface area contributed by atoms with E-state index in [1.54, 1.807) is 13.0 Å². The average Bonchev–Trinajstić information content (AvgIpc) is 3.39. The first kappa shape index (κ1) is 21.7. The van der Waals surface area contributed by atoms with Crippen LogP contribution in [0.5, 0.6) is 0 Å². The summed E-state index contributed by atoms with van der Waals surface area (Å²) in [5.74, 6) is 0.0472. The number of pyridine rings is 1. The molecule has 2 unspecified atom stereocenters. The van der Waals surface area contributed by atoms with Crippen LogP contribution >= 0.6 is 0 Å². The standard InChI is InChI=1S/C22H27N7O3/c1-12-16(4-6-20(23)26-12)10-25-22(31)13(2)29-11-15(9-19(29)21(24)30)7-14-3-5-17-18(8-14)28-32-27-17/h3-6,8,13,15,19H,7,9-11H2,1-2H3,(H2,23,26)(H2,24,30)(H,25,31)/t13-,15?,19?/m0/s1. The van der Waals surface area contributed by atoms with Crippen LogP contribution in [-0.4, -0.2) is 50.6 Å². The molecule has 168 valence electrons.